The summed E-state index contributed by atoms with van der Waals surface area (Å²) in [4.78, 5) is 24.7. The molecule has 2 rings (SSSR count). The van der Waals surface area contributed by atoms with E-state index >= 15 is 0 Å². The summed E-state index contributed by atoms with van der Waals surface area (Å²) >= 11 is 6.20. The summed E-state index contributed by atoms with van der Waals surface area (Å²) in [6.45, 7) is 1.44. The largest absolute Gasteiger partial charge is 0.480 e. The van der Waals surface area contributed by atoms with Crippen molar-refractivity contribution in [1.29, 1.82) is 0 Å². The summed E-state index contributed by atoms with van der Waals surface area (Å²) < 4.78 is 2.15. The number of aryl methyl sites for hydroxylation is 1. The number of aromatic nitrogens is 1. The van der Waals surface area contributed by atoms with Gasteiger partial charge in [0.05, 0.1) is 4.91 Å². The third kappa shape index (κ3) is 2.57. The maximum atomic E-state index is 12.2. The molecule has 1 amide bonds. The molecule has 0 saturated carbocycles. The summed E-state index contributed by atoms with van der Waals surface area (Å²) in [6.07, 6.45) is 3.58. The van der Waals surface area contributed by atoms with Crippen molar-refractivity contribution in [2.24, 2.45) is 7.05 Å². The molecule has 1 saturated heterocycles. The van der Waals surface area contributed by atoms with Crippen molar-refractivity contribution in [3.8, 4) is 0 Å². The molecule has 0 aromatic carbocycles. The number of carboxylic acid groups (broad SMARTS) is 1. The highest BCUT2D eigenvalue weighted by molar-refractivity contribution is 8.26. The Kier molecular flexibility index (Phi) is 3.77. The first kappa shape index (κ1) is 13.8. The molecule has 7 heteroatoms. The minimum Gasteiger partial charge on any atom is -0.480 e. The summed E-state index contributed by atoms with van der Waals surface area (Å²) in [5, 5.41) is 8.98. The highest BCUT2D eigenvalue weighted by atomic mass is 32.2. The Balaban J connectivity index is 2.31. The second-order valence-corrected chi connectivity index (χ2v) is 5.79. The number of thiocarbonyl (C=S) groups is 1. The van der Waals surface area contributed by atoms with Gasteiger partial charge in [-0.05, 0) is 25.1 Å². The van der Waals surface area contributed by atoms with Gasteiger partial charge in [0.25, 0.3) is 5.91 Å². The minimum atomic E-state index is -1.07. The molecule has 5 nitrogen and oxygen atoms in total. The van der Waals surface area contributed by atoms with E-state index in [2.05, 4.69) is 0 Å². The molecule has 1 fully saturated rings. The number of rotatable bonds is 3. The van der Waals surface area contributed by atoms with Gasteiger partial charge in [0.2, 0.25) is 0 Å². The van der Waals surface area contributed by atoms with Crippen molar-refractivity contribution >= 4 is 46.3 Å². The van der Waals surface area contributed by atoms with E-state index in [1.54, 1.807) is 6.08 Å². The number of thioether (sulfide) groups is 1. The molecule has 0 radical (unpaired) electrons. The zero-order valence-electron chi connectivity index (χ0n) is 10.4. The van der Waals surface area contributed by atoms with Crippen molar-refractivity contribution < 1.29 is 14.7 Å². The third-order valence-electron chi connectivity index (χ3n) is 2.83. The normalized spacial score (nSPS) is 19.3. The molecule has 1 aromatic rings. The molecule has 0 spiro atoms. The van der Waals surface area contributed by atoms with E-state index in [-0.39, 0.29) is 10.2 Å². The van der Waals surface area contributed by atoms with Crippen molar-refractivity contribution in [2.75, 3.05) is 0 Å². The van der Waals surface area contributed by atoms with E-state index in [4.69, 9.17) is 17.3 Å². The number of amides is 1. The molecule has 0 unspecified atom stereocenters. The SMILES string of the molecule is C[C@@H](C(=O)O)N1C(=O)/C(=C/c2cccn2C)SC1=S. The van der Waals surface area contributed by atoms with Crippen molar-refractivity contribution in [1.82, 2.24) is 9.47 Å². The standard InChI is InChI=1S/C12H12N2O3S2/c1-7(11(16)17)14-10(15)9(19-12(14)18)6-8-4-3-5-13(8)2/h3-7H,1-2H3,(H,16,17)/b9-6-/t7-/m0/s1. The molecule has 1 N–H and O–H groups in total. The summed E-state index contributed by atoms with van der Waals surface area (Å²) in [6, 6.07) is 2.78. The zero-order chi connectivity index (χ0) is 14.2. The van der Waals surface area contributed by atoms with Crippen LogP contribution in [0.2, 0.25) is 0 Å². The molecule has 0 bridgehead atoms. The number of hydrogen-bond acceptors (Lipinski definition) is 4. The van der Waals surface area contributed by atoms with Gasteiger partial charge in [-0.25, -0.2) is 4.79 Å². The third-order valence-corrected chi connectivity index (χ3v) is 4.16. The van der Waals surface area contributed by atoms with E-state index in [9.17, 15) is 9.59 Å². The van der Waals surface area contributed by atoms with Crippen LogP contribution in [0.25, 0.3) is 6.08 Å². The first-order chi connectivity index (χ1) is 8.91. The van der Waals surface area contributed by atoms with Gasteiger partial charge in [-0.1, -0.05) is 24.0 Å². The van der Waals surface area contributed by atoms with Crippen LogP contribution in [0.5, 0.6) is 0 Å². The number of nitrogens with zero attached hydrogens (tertiary/aromatic N) is 2. The molecule has 1 aliphatic rings. The minimum absolute atomic E-state index is 0.278. The molecular weight excluding hydrogens is 284 g/mol. The first-order valence-electron chi connectivity index (χ1n) is 5.53. The average Bonchev–Trinajstić information content (AvgIpc) is 2.85. The van der Waals surface area contributed by atoms with Gasteiger partial charge in [0.1, 0.15) is 10.4 Å². The molecule has 19 heavy (non-hydrogen) atoms. The van der Waals surface area contributed by atoms with Crippen molar-refractivity contribution in [3.63, 3.8) is 0 Å². The lowest BCUT2D eigenvalue weighted by Crippen LogP contribution is -2.41. The Morgan fingerprint density at radius 2 is 2.26 bits per heavy atom. The van der Waals surface area contributed by atoms with Crippen molar-refractivity contribution in [2.45, 2.75) is 13.0 Å². The lowest BCUT2D eigenvalue weighted by molar-refractivity contribution is -0.144. The lowest BCUT2D eigenvalue weighted by atomic mass is 10.3. The number of carbonyl (C=O) groups excluding carboxylic acids is 1. The van der Waals surface area contributed by atoms with Crippen LogP contribution in [-0.4, -0.2) is 36.8 Å². The molecule has 0 aliphatic carbocycles. The van der Waals surface area contributed by atoms with Crippen LogP contribution < -0.4 is 0 Å². The highest BCUT2D eigenvalue weighted by Gasteiger charge is 2.38. The van der Waals surface area contributed by atoms with Gasteiger partial charge in [0.15, 0.2) is 0 Å². The fourth-order valence-electron chi connectivity index (χ4n) is 1.68. The highest BCUT2D eigenvalue weighted by Crippen LogP contribution is 2.33. The van der Waals surface area contributed by atoms with E-state index in [1.165, 1.54) is 6.92 Å². The predicted molar refractivity (Wildman–Crippen MR) is 77.5 cm³/mol. The summed E-state index contributed by atoms with van der Waals surface area (Å²) in [5.74, 6) is -1.43. The fraction of sp³-hybridized carbons (Fsp3) is 0.250. The second kappa shape index (κ2) is 5.18. The molecule has 2 heterocycles. The maximum Gasteiger partial charge on any atom is 0.326 e. The summed E-state index contributed by atoms with van der Waals surface area (Å²) in [5.41, 5.74) is 0.864. The van der Waals surface area contributed by atoms with E-state index in [1.807, 2.05) is 29.9 Å². The number of carboxylic acids is 1. The van der Waals surface area contributed by atoms with E-state index < -0.39 is 12.0 Å². The van der Waals surface area contributed by atoms with Crippen LogP contribution >= 0.6 is 24.0 Å². The van der Waals surface area contributed by atoms with Gasteiger partial charge in [-0.15, -0.1) is 0 Å². The Bertz CT molecular complexity index is 592. The monoisotopic (exact) mass is 296 g/mol. The molecule has 100 valence electrons. The van der Waals surface area contributed by atoms with E-state index in [0.717, 1.165) is 22.4 Å². The Morgan fingerprint density at radius 3 is 2.79 bits per heavy atom. The van der Waals surface area contributed by atoms with Crippen LogP contribution in [0, 0.1) is 0 Å². The van der Waals surface area contributed by atoms with Gasteiger partial charge in [-0.2, -0.15) is 0 Å². The van der Waals surface area contributed by atoms with Crippen LogP contribution in [-0.2, 0) is 16.6 Å². The smallest absolute Gasteiger partial charge is 0.326 e. The predicted octanol–water partition coefficient (Wildman–Crippen LogP) is 1.70. The number of aliphatic carboxylic acids is 1. The number of carbonyl (C=O) groups is 2. The van der Waals surface area contributed by atoms with Crippen LogP contribution in [0.1, 0.15) is 12.6 Å². The van der Waals surface area contributed by atoms with Crippen molar-refractivity contribution in [3.05, 3.63) is 28.9 Å². The maximum absolute atomic E-state index is 12.2. The zero-order valence-corrected chi connectivity index (χ0v) is 12.0. The fourth-order valence-corrected chi connectivity index (χ4v) is 3.09. The number of hydrogen-bond donors (Lipinski definition) is 1. The molecule has 1 aromatic heterocycles. The van der Waals surface area contributed by atoms with Crippen LogP contribution in [0.4, 0.5) is 0 Å². The quantitative estimate of drug-likeness (QED) is 0.679. The summed E-state index contributed by atoms with van der Waals surface area (Å²) in [7, 11) is 1.87. The van der Waals surface area contributed by atoms with Gasteiger partial charge < -0.3 is 9.67 Å². The Labute approximate surface area is 119 Å². The van der Waals surface area contributed by atoms with Gasteiger partial charge in [0, 0.05) is 18.9 Å². The topological polar surface area (TPSA) is 62.5 Å². The first-order valence-corrected chi connectivity index (χ1v) is 6.75. The molecule has 1 aliphatic heterocycles. The average molecular weight is 296 g/mol. The lowest BCUT2D eigenvalue weighted by Gasteiger charge is -2.18. The molecule has 1 atom stereocenters. The second-order valence-electron chi connectivity index (χ2n) is 4.11. The van der Waals surface area contributed by atoms with Crippen LogP contribution in [0.15, 0.2) is 23.2 Å². The Morgan fingerprint density at radius 1 is 1.58 bits per heavy atom. The van der Waals surface area contributed by atoms with Gasteiger partial charge in [-0.3, -0.25) is 9.69 Å². The van der Waals surface area contributed by atoms with Gasteiger partial charge >= 0.3 is 5.97 Å². The van der Waals surface area contributed by atoms with Crippen LogP contribution in [0.3, 0.4) is 0 Å². The van der Waals surface area contributed by atoms with E-state index in [0.29, 0.717) is 4.91 Å². The molecular formula is C12H12N2O3S2. The Hall–Kier alpha value is -1.60.